The molecule has 0 fully saturated rings. The zero-order chi connectivity index (χ0) is 21.8. The molecule has 1 amide bonds. The van der Waals surface area contributed by atoms with Crippen molar-refractivity contribution in [2.75, 3.05) is 26.7 Å². The third-order valence-corrected chi connectivity index (χ3v) is 6.58. The molecule has 2 rings (SSSR count). The number of aryl methyl sites for hydroxylation is 1. The number of rotatable bonds is 13. The van der Waals surface area contributed by atoms with Crippen LogP contribution < -0.4 is 10.1 Å². The summed E-state index contributed by atoms with van der Waals surface area (Å²) in [5.41, 5.74) is 1.15. The molecule has 0 saturated carbocycles. The molecule has 0 aliphatic rings. The van der Waals surface area contributed by atoms with Gasteiger partial charge in [0, 0.05) is 26.6 Å². The molecule has 0 radical (unpaired) electrons. The second-order valence-electron chi connectivity index (χ2n) is 7.15. The van der Waals surface area contributed by atoms with Gasteiger partial charge in [-0.3, -0.25) is 4.79 Å². The topological polar surface area (TPSA) is 75.7 Å². The average Bonchev–Trinajstić information content (AvgIpc) is 2.76. The van der Waals surface area contributed by atoms with E-state index in [0.717, 1.165) is 30.6 Å². The van der Waals surface area contributed by atoms with Gasteiger partial charge in [-0.25, -0.2) is 12.7 Å². The van der Waals surface area contributed by atoms with Crippen molar-refractivity contribution in [1.82, 2.24) is 9.62 Å². The number of nitrogens with zero attached hydrogens (tertiary/aromatic N) is 1. The number of sulfonamides is 1. The van der Waals surface area contributed by atoms with Crippen molar-refractivity contribution in [2.24, 2.45) is 0 Å². The first-order chi connectivity index (χ1) is 14.4. The Kier molecular flexibility index (Phi) is 9.83. The fourth-order valence-electron chi connectivity index (χ4n) is 3.01. The lowest BCUT2D eigenvalue weighted by atomic mass is 10.1. The van der Waals surface area contributed by atoms with Gasteiger partial charge >= 0.3 is 0 Å². The third kappa shape index (κ3) is 7.46. The summed E-state index contributed by atoms with van der Waals surface area (Å²) in [5, 5.41) is 2.91. The molecule has 0 spiro atoms. The molecule has 0 bridgehead atoms. The van der Waals surface area contributed by atoms with Crippen LogP contribution in [-0.2, 0) is 21.2 Å². The van der Waals surface area contributed by atoms with E-state index >= 15 is 0 Å². The molecule has 2 aromatic rings. The van der Waals surface area contributed by atoms with E-state index in [9.17, 15) is 13.2 Å². The summed E-state index contributed by atoms with van der Waals surface area (Å²) >= 11 is 0. The first-order valence-electron chi connectivity index (χ1n) is 10.4. The average molecular weight is 433 g/mol. The maximum absolute atomic E-state index is 12.5. The van der Waals surface area contributed by atoms with Gasteiger partial charge in [-0.15, -0.1) is 0 Å². The van der Waals surface area contributed by atoms with Gasteiger partial charge in [0.1, 0.15) is 5.75 Å². The molecule has 0 unspecified atom stereocenters. The highest BCUT2D eigenvalue weighted by atomic mass is 32.2. The third-order valence-electron chi connectivity index (χ3n) is 4.71. The van der Waals surface area contributed by atoms with Crippen LogP contribution in [0.25, 0.3) is 0 Å². The lowest BCUT2D eigenvalue weighted by Gasteiger charge is -2.17. The first-order valence-corrected chi connectivity index (χ1v) is 11.9. The van der Waals surface area contributed by atoms with Crippen molar-refractivity contribution in [3.05, 3.63) is 60.2 Å². The van der Waals surface area contributed by atoms with Crippen molar-refractivity contribution in [2.45, 2.75) is 43.9 Å². The van der Waals surface area contributed by atoms with Crippen LogP contribution in [0.1, 0.15) is 38.2 Å². The van der Waals surface area contributed by atoms with Crippen molar-refractivity contribution in [3.8, 4) is 5.75 Å². The Balaban J connectivity index is 1.67. The van der Waals surface area contributed by atoms with Gasteiger partial charge in [0.15, 0.2) is 0 Å². The summed E-state index contributed by atoms with van der Waals surface area (Å²) in [6.07, 6.45) is 3.39. The molecular formula is C23H32N2O4S. The Hall–Kier alpha value is -2.38. The molecule has 0 aliphatic carbocycles. The van der Waals surface area contributed by atoms with Crippen LogP contribution in [0.15, 0.2) is 59.5 Å². The molecule has 0 aliphatic heterocycles. The summed E-state index contributed by atoms with van der Waals surface area (Å²) in [6, 6.07) is 16.3. The van der Waals surface area contributed by atoms with Gasteiger partial charge < -0.3 is 10.1 Å². The van der Waals surface area contributed by atoms with E-state index in [1.807, 2.05) is 18.2 Å². The summed E-state index contributed by atoms with van der Waals surface area (Å²) in [5.74, 6) is 0.851. The Labute approximate surface area is 180 Å². The van der Waals surface area contributed by atoms with E-state index < -0.39 is 10.0 Å². The SMILES string of the molecule is CCCOc1ccccc1CCCNC(=O)CCCN(C)S(=O)(=O)c1ccccc1. The predicted octanol–water partition coefficient (Wildman–Crippen LogP) is 3.63. The van der Waals surface area contributed by atoms with Crippen LogP contribution >= 0.6 is 0 Å². The van der Waals surface area contributed by atoms with Gasteiger partial charge in [0.2, 0.25) is 15.9 Å². The van der Waals surface area contributed by atoms with E-state index in [0.29, 0.717) is 32.5 Å². The quantitative estimate of drug-likeness (QED) is 0.491. The lowest BCUT2D eigenvalue weighted by Crippen LogP contribution is -2.30. The number of benzene rings is 2. The minimum Gasteiger partial charge on any atom is -0.493 e. The molecule has 7 heteroatoms. The zero-order valence-corrected chi connectivity index (χ0v) is 18.7. The highest BCUT2D eigenvalue weighted by Gasteiger charge is 2.19. The normalized spacial score (nSPS) is 11.4. The van der Waals surface area contributed by atoms with Crippen LogP contribution in [0.3, 0.4) is 0 Å². The Morgan fingerprint density at radius 3 is 2.47 bits per heavy atom. The molecule has 0 saturated heterocycles. The summed E-state index contributed by atoms with van der Waals surface area (Å²) in [4.78, 5) is 12.3. The number of hydrogen-bond donors (Lipinski definition) is 1. The van der Waals surface area contributed by atoms with E-state index in [2.05, 4.69) is 18.3 Å². The highest BCUT2D eigenvalue weighted by molar-refractivity contribution is 7.89. The molecule has 0 heterocycles. The van der Waals surface area contributed by atoms with E-state index in [4.69, 9.17) is 4.74 Å². The second-order valence-corrected chi connectivity index (χ2v) is 9.20. The van der Waals surface area contributed by atoms with Crippen molar-refractivity contribution >= 4 is 15.9 Å². The number of ether oxygens (including phenoxy) is 1. The van der Waals surface area contributed by atoms with Gasteiger partial charge in [-0.1, -0.05) is 43.3 Å². The fraction of sp³-hybridized carbons (Fsp3) is 0.435. The predicted molar refractivity (Wildman–Crippen MR) is 119 cm³/mol. The van der Waals surface area contributed by atoms with E-state index in [1.165, 1.54) is 11.4 Å². The molecule has 0 aromatic heterocycles. The number of carbonyl (C=O) groups excluding carboxylic acids is 1. The standard InChI is InChI=1S/C23H32N2O4S/c1-3-19-29-22-15-8-7-11-20(22)12-9-17-24-23(26)16-10-18-25(2)30(27,28)21-13-5-4-6-14-21/h4-8,11,13-15H,3,9-10,12,16-19H2,1-2H3,(H,24,26). The van der Waals surface area contributed by atoms with Crippen LogP contribution in [0.2, 0.25) is 0 Å². The zero-order valence-electron chi connectivity index (χ0n) is 17.8. The van der Waals surface area contributed by atoms with Crippen molar-refractivity contribution in [3.63, 3.8) is 0 Å². The minimum atomic E-state index is -3.51. The molecule has 6 nitrogen and oxygen atoms in total. The Morgan fingerprint density at radius 1 is 1.03 bits per heavy atom. The molecule has 2 aromatic carbocycles. The maximum Gasteiger partial charge on any atom is 0.242 e. The van der Waals surface area contributed by atoms with Gasteiger partial charge in [-0.05, 0) is 49.4 Å². The molecule has 0 atom stereocenters. The first kappa shape index (κ1) is 23.9. The fourth-order valence-corrected chi connectivity index (χ4v) is 4.24. The van der Waals surface area contributed by atoms with Crippen molar-refractivity contribution in [1.29, 1.82) is 0 Å². The number of carbonyl (C=O) groups is 1. The second kappa shape index (κ2) is 12.3. The van der Waals surface area contributed by atoms with Crippen LogP contribution in [0.5, 0.6) is 5.75 Å². The number of hydrogen-bond acceptors (Lipinski definition) is 4. The smallest absolute Gasteiger partial charge is 0.242 e. The van der Waals surface area contributed by atoms with Crippen LogP contribution in [-0.4, -0.2) is 45.4 Å². The lowest BCUT2D eigenvalue weighted by molar-refractivity contribution is -0.121. The Morgan fingerprint density at radius 2 is 1.73 bits per heavy atom. The van der Waals surface area contributed by atoms with Gasteiger partial charge in [0.05, 0.1) is 11.5 Å². The largest absolute Gasteiger partial charge is 0.493 e. The van der Waals surface area contributed by atoms with Crippen molar-refractivity contribution < 1.29 is 17.9 Å². The summed E-state index contributed by atoms with van der Waals surface area (Å²) in [6.45, 7) is 3.65. The van der Waals surface area contributed by atoms with Gasteiger partial charge in [0.25, 0.3) is 0 Å². The molecule has 30 heavy (non-hydrogen) atoms. The Bertz CT molecular complexity index is 885. The molecular weight excluding hydrogens is 400 g/mol. The monoisotopic (exact) mass is 432 g/mol. The number of amides is 1. The summed E-state index contributed by atoms with van der Waals surface area (Å²) in [7, 11) is -1.97. The van der Waals surface area contributed by atoms with E-state index in [1.54, 1.807) is 30.3 Å². The highest BCUT2D eigenvalue weighted by Crippen LogP contribution is 2.19. The van der Waals surface area contributed by atoms with Crippen LogP contribution in [0, 0.1) is 0 Å². The number of nitrogens with one attached hydrogen (secondary N) is 1. The molecule has 1 N–H and O–H groups in total. The molecule has 164 valence electrons. The van der Waals surface area contributed by atoms with Gasteiger partial charge in [-0.2, -0.15) is 0 Å². The number of para-hydroxylation sites is 1. The van der Waals surface area contributed by atoms with E-state index in [-0.39, 0.29) is 10.8 Å². The summed E-state index contributed by atoms with van der Waals surface area (Å²) < 4.78 is 32.0. The minimum absolute atomic E-state index is 0.0592. The van der Waals surface area contributed by atoms with Crippen LogP contribution in [0.4, 0.5) is 0 Å². The maximum atomic E-state index is 12.5.